The monoisotopic (exact) mass is 252 g/mol. The Morgan fingerprint density at radius 1 is 1.11 bits per heavy atom. The van der Waals surface area contributed by atoms with Crippen molar-refractivity contribution < 1.29 is 4.39 Å². The van der Waals surface area contributed by atoms with Gasteiger partial charge in [0.25, 0.3) is 0 Å². The number of benzene rings is 2. The number of hydrogen-bond acceptors (Lipinski definition) is 2. The predicted octanol–water partition coefficient (Wildman–Crippen LogP) is 3.28. The number of rotatable bonds is 2. The van der Waals surface area contributed by atoms with Crippen molar-refractivity contribution in [2.75, 3.05) is 5.32 Å². The second-order valence-electron chi connectivity index (χ2n) is 4.82. The number of hydrogen-bond donors (Lipinski definition) is 1. The highest BCUT2D eigenvalue weighted by atomic mass is 19.1. The summed E-state index contributed by atoms with van der Waals surface area (Å²) in [6.45, 7) is 0. The molecule has 0 aliphatic heterocycles. The van der Waals surface area contributed by atoms with Crippen LogP contribution in [0, 0.1) is 17.1 Å². The number of fused-ring (bicyclic) bond motifs is 1. The van der Waals surface area contributed by atoms with Crippen molar-refractivity contribution in [3.8, 4) is 6.07 Å². The smallest absolute Gasteiger partial charge is 0.147 e. The number of anilines is 1. The zero-order valence-corrected chi connectivity index (χ0v) is 10.4. The lowest BCUT2D eigenvalue weighted by Crippen LogP contribution is -2.20. The van der Waals surface area contributed by atoms with Crippen LogP contribution in [0.1, 0.15) is 16.7 Å². The Morgan fingerprint density at radius 3 is 2.37 bits per heavy atom. The molecule has 0 aromatic heterocycles. The van der Waals surface area contributed by atoms with Crippen LogP contribution in [0.5, 0.6) is 0 Å². The molecule has 2 nitrogen and oxygen atoms in total. The van der Waals surface area contributed by atoms with Gasteiger partial charge in [-0.15, -0.1) is 0 Å². The minimum atomic E-state index is -0.366. The molecule has 0 fully saturated rings. The second-order valence-corrected chi connectivity index (χ2v) is 4.82. The number of nitriles is 1. The van der Waals surface area contributed by atoms with Crippen LogP contribution in [0.2, 0.25) is 0 Å². The Labute approximate surface area is 111 Å². The predicted molar refractivity (Wildman–Crippen MR) is 72.4 cm³/mol. The van der Waals surface area contributed by atoms with Crippen molar-refractivity contribution >= 4 is 5.69 Å². The Hall–Kier alpha value is -2.34. The van der Waals surface area contributed by atoms with E-state index in [9.17, 15) is 4.39 Å². The number of nitrogens with zero attached hydrogens (tertiary/aromatic N) is 1. The molecule has 3 heteroatoms. The largest absolute Gasteiger partial charge is 0.379 e. The van der Waals surface area contributed by atoms with Gasteiger partial charge in [-0.05, 0) is 42.2 Å². The van der Waals surface area contributed by atoms with Crippen LogP contribution < -0.4 is 5.32 Å². The molecule has 0 atom stereocenters. The lowest BCUT2D eigenvalue weighted by atomic mass is 10.1. The summed E-state index contributed by atoms with van der Waals surface area (Å²) in [5, 5.41) is 11.9. The van der Waals surface area contributed by atoms with E-state index in [1.54, 1.807) is 12.1 Å². The molecule has 0 bridgehead atoms. The van der Waals surface area contributed by atoms with E-state index < -0.39 is 0 Å². The molecule has 3 rings (SSSR count). The van der Waals surface area contributed by atoms with E-state index >= 15 is 0 Å². The van der Waals surface area contributed by atoms with Gasteiger partial charge in [0.05, 0.1) is 17.3 Å². The fourth-order valence-electron chi connectivity index (χ4n) is 2.58. The van der Waals surface area contributed by atoms with Crippen LogP contribution in [0.4, 0.5) is 10.1 Å². The summed E-state index contributed by atoms with van der Waals surface area (Å²) in [7, 11) is 0. The van der Waals surface area contributed by atoms with Gasteiger partial charge in [0.1, 0.15) is 5.82 Å². The minimum absolute atomic E-state index is 0.222. The molecule has 0 saturated heterocycles. The van der Waals surface area contributed by atoms with Gasteiger partial charge in [0.15, 0.2) is 0 Å². The zero-order chi connectivity index (χ0) is 13.2. The summed E-state index contributed by atoms with van der Waals surface area (Å²) in [5.41, 5.74) is 3.47. The summed E-state index contributed by atoms with van der Waals surface area (Å²) >= 11 is 0. The lowest BCUT2D eigenvalue weighted by molar-refractivity contribution is 0.624. The van der Waals surface area contributed by atoms with Crippen molar-refractivity contribution in [1.82, 2.24) is 0 Å². The highest BCUT2D eigenvalue weighted by molar-refractivity contribution is 5.51. The van der Waals surface area contributed by atoms with Crippen LogP contribution >= 0.6 is 0 Å². The summed E-state index contributed by atoms with van der Waals surface area (Å²) in [5.74, 6) is -0.366. The summed E-state index contributed by atoms with van der Waals surface area (Å²) in [4.78, 5) is 0. The average Bonchev–Trinajstić information content (AvgIpc) is 2.83. The van der Waals surface area contributed by atoms with Gasteiger partial charge < -0.3 is 5.32 Å². The van der Waals surface area contributed by atoms with Crippen LogP contribution in [0.15, 0.2) is 42.5 Å². The molecule has 0 heterocycles. The third-order valence-corrected chi connectivity index (χ3v) is 3.51. The van der Waals surface area contributed by atoms with Crippen molar-refractivity contribution in [2.24, 2.45) is 0 Å². The van der Waals surface area contributed by atoms with Crippen LogP contribution in [0.25, 0.3) is 0 Å². The number of nitrogens with one attached hydrogen (secondary N) is 1. The Balaban J connectivity index is 1.76. The zero-order valence-electron chi connectivity index (χ0n) is 10.4. The summed E-state index contributed by atoms with van der Waals surface area (Å²) < 4.78 is 13.8. The number of halogens is 1. The van der Waals surface area contributed by atoms with Gasteiger partial charge >= 0.3 is 0 Å². The maximum absolute atomic E-state index is 13.8. The third kappa shape index (κ3) is 2.30. The van der Waals surface area contributed by atoms with Crippen LogP contribution in [-0.2, 0) is 12.8 Å². The SMILES string of the molecule is N#Cc1ccc(NC2Cc3ccccc3C2)c(F)c1. The molecule has 2 aromatic rings. The van der Waals surface area contributed by atoms with Gasteiger partial charge in [0, 0.05) is 6.04 Å². The quantitative estimate of drug-likeness (QED) is 0.890. The fourth-order valence-corrected chi connectivity index (χ4v) is 2.58. The molecule has 0 amide bonds. The first-order valence-electron chi connectivity index (χ1n) is 6.29. The van der Waals surface area contributed by atoms with Gasteiger partial charge in [-0.1, -0.05) is 24.3 Å². The Bertz CT molecular complexity index is 633. The second kappa shape index (κ2) is 4.74. The first kappa shape index (κ1) is 11.7. The molecule has 0 saturated carbocycles. The van der Waals surface area contributed by atoms with Gasteiger partial charge in [-0.25, -0.2) is 4.39 Å². The molecule has 19 heavy (non-hydrogen) atoms. The standard InChI is InChI=1S/C16H13FN2/c17-15-7-11(10-18)5-6-16(15)19-14-8-12-3-1-2-4-13(12)9-14/h1-7,14,19H,8-9H2. The Kier molecular flexibility index (Phi) is 2.92. The normalized spacial score (nSPS) is 13.9. The summed E-state index contributed by atoms with van der Waals surface area (Å²) in [6.07, 6.45) is 1.82. The van der Waals surface area contributed by atoms with Gasteiger partial charge in [-0.2, -0.15) is 5.26 Å². The third-order valence-electron chi connectivity index (χ3n) is 3.51. The molecule has 0 spiro atoms. The van der Waals surface area contributed by atoms with Crippen molar-refractivity contribution in [3.63, 3.8) is 0 Å². The highest BCUT2D eigenvalue weighted by Crippen LogP contribution is 2.25. The maximum atomic E-state index is 13.8. The molecular formula is C16H13FN2. The highest BCUT2D eigenvalue weighted by Gasteiger charge is 2.21. The Morgan fingerprint density at radius 2 is 1.79 bits per heavy atom. The fraction of sp³-hybridized carbons (Fsp3) is 0.188. The first-order chi connectivity index (χ1) is 9.26. The molecule has 0 radical (unpaired) electrons. The van der Waals surface area contributed by atoms with E-state index in [1.165, 1.54) is 17.2 Å². The molecule has 2 aromatic carbocycles. The van der Waals surface area contributed by atoms with Crippen LogP contribution in [0.3, 0.4) is 0 Å². The lowest BCUT2D eigenvalue weighted by Gasteiger charge is -2.14. The molecule has 1 aliphatic carbocycles. The molecular weight excluding hydrogens is 239 g/mol. The molecule has 1 aliphatic rings. The molecule has 94 valence electrons. The van der Waals surface area contributed by atoms with E-state index in [-0.39, 0.29) is 11.9 Å². The van der Waals surface area contributed by atoms with Crippen molar-refractivity contribution in [1.29, 1.82) is 5.26 Å². The van der Waals surface area contributed by atoms with E-state index in [2.05, 4.69) is 17.4 Å². The van der Waals surface area contributed by atoms with E-state index in [4.69, 9.17) is 5.26 Å². The average molecular weight is 252 g/mol. The summed E-state index contributed by atoms with van der Waals surface area (Å²) in [6, 6.07) is 15.0. The molecule has 0 unspecified atom stereocenters. The van der Waals surface area contributed by atoms with E-state index in [0.717, 1.165) is 12.8 Å². The van der Waals surface area contributed by atoms with Crippen molar-refractivity contribution in [3.05, 3.63) is 65.0 Å². The van der Waals surface area contributed by atoms with E-state index in [0.29, 0.717) is 11.3 Å². The van der Waals surface area contributed by atoms with Gasteiger partial charge in [0.2, 0.25) is 0 Å². The topological polar surface area (TPSA) is 35.8 Å². The molecule has 1 N–H and O–H groups in total. The van der Waals surface area contributed by atoms with E-state index in [1.807, 2.05) is 18.2 Å². The van der Waals surface area contributed by atoms with Crippen LogP contribution in [-0.4, -0.2) is 6.04 Å². The minimum Gasteiger partial charge on any atom is -0.379 e. The maximum Gasteiger partial charge on any atom is 0.147 e. The van der Waals surface area contributed by atoms with Crippen molar-refractivity contribution in [2.45, 2.75) is 18.9 Å². The van der Waals surface area contributed by atoms with Gasteiger partial charge in [-0.3, -0.25) is 0 Å². The first-order valence-corrected chi connectivity index (χ1v) is 6.29.